The largest absolute Gasteiger partial charge is 0.444 e. The van der Waals surface area contributed by atoms with Crippen LogP contribution in [0.5, 0.6) is 0 Å². The molecule has 0 atom stereocenters. The van der Waals surface area contributed by atoms with Crippen LogP contribution in [-0.2, 0) is 11.3 Å². The highest BCUT2D eigenvalue weighted by Crippen LogP contribution is 2.25. The number of anilines is 1. The van der Waals surface area contributed by atoms with Crippen LogP contribution in [0.2, 0.25) is 0 Å². The van der Waals surface area contributed by atoms with Gasteiger partial charge < -0.3 is 15.4 Å². The summed E-state index contributed by atoms with van der Waals surface area (Å²) >= 11 is 0. The minimum Gasteiger partial charge on any atom is -0.444 e. The topological polar surface area (TPSA) is 63.2 Å². The Bertz CT molecular complexity index is 490. The second-order valence-electron chi connectivity index (χ2n) is 6.28. The van der Waals surface area contributed by atoms with Gasteiger partial charge >= 0.3 is 6.09 Å². The molecule has 1 saturated carbocycles. The van der Waals surface area contributed by atoms with E-state index in [0.29, 0.717) is 12.6 Å². The molecule has 0 bridgehead atoms. The molecule has 0 radical (unpaired) electrons. The first-order valence-electron chi connectivity index (χ1n) is 7.02. The van der Waals surface area contributed by atoms with E-state index in [-0.39, 0.29) is 0 Å². The molecule has 110 valence electrons. The second kappa shape index (κ2) is 5.69. The fourth-order valence-electron chi connectivity index (χ4n) is 1.79. The van der Waals surface area contributed by atoms with Gasteiger partial charge in [0.1, 0.15) is 11.4 Å². The number of carbonyl (C=O) groups excluding carboxylic acids is 1. The summed E-state index contributed by atoms with van der Waals surface area (Å²) in [6.45, 7) is 7.98. The van der Waals surface area contributed by atoms with Gasteiger partial charge in [0.15, 0.2) is 0 Å². The number of ether oxygens (including phenoxy) is 1. The molecule has 1 aromatic heterocycles. The molecular formula is C15H23N3O2. The SMILES string of the molecule is Cc1cc(CNC(=O)OC(C)(C)C)cnc1NC1CC1. The van der Waals surface area contributed by atoms with Gasteiger partial charge in [0, 0.05) is 18.8 Å². The minimum atomic E-state index is -0.476. The van der Waals surface area contributed by atoms with E-state index in [4.69, 9.17) is 4.74 Å². The van der Waals surface area contributed by atoms with Crippen molar-refractivity contribution in [3.63, 3.8) is 0 Å². The zero-order valence-corrected chi connectivity index (χ0v) is 12.6. The predicted molar refractivity (Wildman–Crippen MR) is 78.7 cm³/mol. The summed E-state index contributed by atoms with van der Waals surface area (Å²) in [6.07, 6.45) is 3.83. The van der Waals surface area contributed by atoms with Crippen LogP contribution in [0.15, 0.2) is 12.3 Å². The van der Waals surface area contributed by atoms with Crippen molar-refractivity contribution in [3.8, 4) is 0 Å². The Morgan fingerprint density at radius 2 is 2.15 bits per heavy atom. The molecule has 0 aromatic carbocycles. The second-order valence-corrected chi connectivity index (χ2v) is 6.28. The van der Waals surface area contributed by atoms with Crippen molar-refractivity contribution in [1.29, 1.82) is 0 Å². The molecule has 1 aliphatic rings. The first kappa shape index (κ1) is 14.6. The van der Waals surface area contributed by atoms with Crippen molar-refractivity contribution < 1.29 is 9.53 Å². The summed E-state index contributed by atoms with van der Waals surface area (Å²) in [7, 11) is 0. The highest BCUT2D eigenvalue weighted by molar-refractivity contribution is 5.67. The molecule has 1 aliphatic carbocycles. The Morgan fingerprint density at radius 1 is 1.45 bits per heavy atom. The van der Waals surface area contributed by atoms with Gasteiger partial charge in [-0.15, -0.1) is 0 Å². The molecule has 0 unspecified atom stereocenters. The van der Waals surface area contributed by atoms with E-state index < -0.39 is 11.7 Å². The van der Waals surface area contributed by atoms with Gasteiger partial charge in [-0.1, -0.05) is 0 Å². The fourth-order valence-corrected chi connectivity index (χ4v) is 1.79. The Kier molecular flexibility index (Phi) is 4.16. The van der Waals surface area contributed by atoms with E-state index in [0.717, 1.165) is 16.9 Å². The Hall–Kier alpha value is -1.78. The molecule has 2 rings (SSSR count). The number of carbonyl (C=O) groups is 1. The number of hydrogen-bond acceptors (Lipinski definition) is 4. The van der Waals surface area contributed by atoms with Crippen molar-refractivity contribution in [3.05, 3.63) is 23.4 Å². The van der Waals surface area contributed by atoms with Crippen LogP contribution in [0.1, 0.15) is 44.7 Å². The number of aryl methyl sites for hydroxylation is 1. The predicted octanol–water partition coefficient (Wildman–Crippen LogP) is 2.99. The Labute approximate surface area is 120 Å². The fraction of sp³-hybridized carbons (Fsp3) is 0.600. The highest BCUT2D eigenvalue weighted by atomic mass is 16.6. The third-order valence-electron chi connectivity index (χ3n) is 2.89. The van der Waals surface area contributed by atoms with E-state index in [1.807, 2.05) is 33.8 Å². The molecule has 0 spiro atoms. The number of nitrogens with zero attached hydrogens (tertiary/aromatic N) is 1. The van der Waals surface area contributed by atoms with Gasteiger partial charge in [0.25, 0.3) is 0 Å². The van der Waals surface area contributed by atoms with E-state index in [1.54, 1.807) is 6.20 Å². The number of rotatable bonds is 4. The Balaban J connectivity index is 1.86. The monoisotopic (exact) mass is 277 g/mol. The zero-order valence-electron chi connectivity index (χ0n) is 12.6. The van der Waals surface area contributed by atoms with E-state index in [1.165, 1.54) is 12.8 Å². The summed E-state index contributed by atoms with van der Waals surface area (Å²) < 4.78 is 5.19. The molecule has 5 nitrogen and oxygen atoms in total. The maximum Gasteiger partial charge on any atom is 0.407 e. The average molecular weight is 277 g/mol. The van der Waals surface area contributed by atoms with Crippen LogP contribution in [0.3, 0.4) is 0 Å². The van der Waals surface area contributed by atoms with Crippen LogP contribution < -0.4 is 10.6 Å². The number of aromatic nitrogens is 1. The third-order valence-corrected chi connectivity index (χ3v) is 2.89. The van der Waals surface area contributed by atoms with Gasteiger partial charge in [-0.2, -0.15) is 0 Å². The maximum absolute atomic E-state index is 11.6. The lowest BCUT2D eigenvalue weighted by Crippen LogP contribution is -2.32. The van der Waals surface area contributed by atoms with Gasteiger partial charge in [-0.25, -0.2) is 9.78 Å². The maximum atomic E-state index is 11.6. The Morgan fingerprint density at radius 3 is 2.70 bits per heavy atom. The van der Waals surface area contributed by atoms with Crippen LogP contribution in [0, 0.1) is 6.92 Å². The normalized spacial score (nSPS) is 14.8. The number of pyridine rings is 1. The molecule has 0 aliphatic heterocycles. The lowest BCUT2D eigenvalue weighted by atomic mass is 10.2. The zero-order chi connectivity index (χ0) is 14.8. The quantitative estimate of drug-likeness (QED) is 0.888. The molecular weight excluding hydrogens is 254 g/mol. The number of alkyl carbamates (subject to hydrolysis) is 1. The van der Waals surface area contributed by atoms with Crippen molar-refractivity contribution in [1.82, 2.24) is 10.3 Å². The highest BCUT2D eigenvalue weighted by Gasteiger charge is 2.22. The van der Waals surface area contributed by atoms with Crippen LogP contribution in [0.25, 0.3) is 0 Å². The molecule has 0 saturated heterocycles. The number of nitrogens with one attached hydrogen (secondary N) is 2. The molecule has 1 heterocycles. The van der Waals surface area contributed by atoms with Crippen LogP contribution in [0.4, 0.5) is 10.6 Å². The van der Waals surface area contributed by atoms with E-state index in [2.05, 4.69) is 15.6 Å². The smallest absolute Gasteiger partial charge is 0.407 e. The lowest BCUT2D eigenvalue weighted by Gasteiger charge is -2.19. The lowest BCUT2D eigenvalue weighted by molar-refractivity contribution is 0.0523. The van der Waals surface area contributed by atoms with E-state index in [9.17, 15) is 4.79 Å². The summed E-state index contributed by atoms with van der Waals surface area (Å²) in [5.74, 6) is 0.938. The molecule has 20 heavy (non-hydrogen) atoms. The number of amides is 1. The first-order valence-corrected chi connectivity index (χ1v) is 7.02. The van der Waals surface area contributed by atoms with Gasteiger partial charge in [0.2, 0.25) is 0 Å². The summed E-state index contributed by atoms with van der Waals surface area (Å²) in [6, 6.07) is 2.63. The van der Waals surface area contributed by atoms with Gasteiger partial charge in [0.05, 0.1) is 0 Å². The minimum absolute atomic E-state index is 0.407. The third kappa shape index (κ3) is 4.72. The van der Waals surface area contributed by atoms with Gasteiger partial charge in [-0.05, 0) is 57.7 Å². The van der Waals surface area contributed by atoms with Crippen molar-refractivity contribution >= 4 is 11.9 Å². The molecule has 5 heteroatoms. The summed E-state index contributed by atoms with van der Waals surface area (Å²) in [4.78, 5) is 16.0. The molecule has 1 fully saturated rings. The summed E-state index contributed by atoms with van der Waals surface area (Å²) in [5.41, 5.74) is 1.59. The molecule has 2 N–H and O–H groups in total. The molecule has 1 amide bonds. The summed E-state index contributed by atoms with van der Waals surface area (Å²) in [5, 5.41) is 6.12. The van der Waals surface area contributed by atoms with Crippen molar-refractivity contribution in [2.24, 2.45) is 0 Å². The standard InChI is InChI=1S/C15H23N3O2/c1-10-7-11(8-16-13(10)18-12-5-6-12)9-17-14(19)20-15(2,3)4/h7-8,12H,5-6,9H2,1-4H3,(H,16,18)(H,17,19). The molecule has 1 aromatic rings. The van der Waals surface area contributed by atoms with Crippen LogP contribution in [-0.4, -0.2) is 22.7 Å². The van der Waals surface area contributed by atoms with E-state index >= 15 is 0 Å². The van der Waals surface area contributed by atoms with Crippen molar-refractivity contribution in [2.75, 3.05) is 5.32 Å². The first-order chi connectivity index (χ1) is 9.33. The van der Waals surface area contributed by atoms with Crippen molar-refractivity contribution in [2.45, 2.75) is 58.7 Å². The number of hydrogen-bond donors (Lipinski definition) is 2. The van der Waals surface area contributed by atoms with Gasteiger partial charge in [-0.3, -0.25) is 0 Å². The average Bonchev–Trinajstić information content (AvgIpc) is 3.11. The van der Waals surface area contributed by atoms with Crippen LogP contribution >= 0.6 is 0 Å².